The number of amides is 2. The van der Waals surface area contributed by atoms with Gasteiger partial charge < -0.3 is 19.4 Å². The van der Waals surface area contributed by atoms with E-state index in [1.165, 1.54) is 6.33 Å². The van der Waals surface area contributed by atoms with Gasteiger partial charge in [-0.25, -0.2) is 9.97 Å². The van der Waals surface area contributed by atoms with Crippen molar-refractivity contribution in [2.45, 2.75) is 57.8 Å². The topological polar surface area (TPSA) is 125 Å². The molecule has 2 fully saturated rings. The number of fused-ring (bicyclic) bond motifs is 2. The van der Waals surface area contributed by atoms with Crippen molar-refractivity contribution in [1.29, 1.82) is 5.26 Å². The molecule has 3 aliphatic rings. The minimum Gasteiger partial charge on any atom is -0.443 e. The van der Waals surface area contributed by atoms with Gasteiger partial charge in [0.1, 0.15) is 24.2 Å². The molecule has 11 heteroatoms. The third-order valence-corrected chi connectivity index (χ3v) is 10.0. The SMILES string of the molecule is CCC(C(=O)OCn1ccc2c(N3CC[C@]4(C3)[C@@H](C)CN4C(=O)CC#N)ncnc21)c1ccc(N2Cc3ccccc3C2=O)cc1. The van der Waals surface area contributed by atoms with Gasteiger partial charge in [0.2, 0.25) is 5.91 Å². The summed E-state index contributed by atoms with van der Waals surface area (Å²) in [7, 11) is 0. The molecule has 11 nitrogen and oxygen atoms in total. The van der Waals surface area contributed by atoms with E-state index in [-0.39, 0.29) is 36.5 Å². The van der Waals surface area contributed by atoms with Crippen molar-refractivity contribution in [3.05, 3.63) is 83.8 Å². The number of likely N-dealkylation sites (tertiary alicyclic amines) is 1. The zero-order valence-electron chi connectivity index (χ0n) is 25.9. The molecule has 1 spiro atoms. The second-order valence-electron chi connectivity index (χ2n) is 12.4. The average Bonchev–Trinajstić information content (AvgIpc) is 3.80. The fraction of sp³-hybridized carbons (Fsp3) is 0.371. The molecule has 3 atom stereocenters. The normalized spacial score (nSPS) is 20.9. The lowest BCUT2D eigenvalue weighted by molar-refractivity contribution is -0.152. The fourth-order valence-electron chi connectivity index (χ4n) is 7.38. The predicted octanol–water partition coefficient (Wildman–Crippen LogP) is 4.63. The highest BCUT2D eigenvalue weighted by molar-refractivity contribution is 6.10. The van der Waals surface area contributed by atoms with Crippen molar-refractivity contribution >= 4 is 40.3 Å². The molecule has 2 amide bonds. The lowest BCUT2D eigenvalue weighted by Gasteiger charge is -2.55. The van der Waals surface area contributed by atoms with Crippen molar-refractivity contribution in [2.75, 3.05) is 29.4 Å². The number of esters is 1. The number of nitriles is 1. The number of carbonyl (C=O) groups excluding carboxylic acids is 3. The van der Waals surface area contributed by atoms with Crippen molar-refractivity contribution < 1.29 is 19.1 Å². The first kappa shape index (κ1) is 29.5. The van der Waals surface area contributed by atoms with Gasteiger partial charge in [-0.05, 0) is 54.2 Å². The standard InChI is InChI=1S/C35H35N7O4/c1-3-27(24-8-10-26(11-9-24)41-19-25-6-4-5-7-28(25)33(41)44)34(45)46-22-40-16-13-29-31(37-21-38-32(29)40)39-17-14-35(20-39)23(2)18-42(35)30(43)12-15-36/h4-11,13,16,21,23,27H,3,12,14,17-20,22H2,1-2H3/t23-,27?,35-/m0/s1. The number of aromatic nitrogens is 3. The maximum atomic E-state index is 13.3. The first-order valence-corrected chi connectivity index (χ1v) is 15.7. The van der Waals surface area contributed by atoms with Gasteiger partial charge in [0.15, 0.2) is 6.73 Å². The first-order valence-electron chi connectivity index (χ1n) is 15.7. The molecule has 0 N–H and O–H groups in total. The van der Waals surface area contributed by atoms with Crippen LogP contribution in [0.4, 0.5) is 11.5 Å². The summed E-state index contributed by atoms with van der Waals surface area (Å²) in [6.07, 6.45) is 4.64. The summed E-state index contributed by atoms with van der Waals surface area (Å²) in [5.41, 5.74) is 3.73. The summed E-state index contributed by atoms with van der Waals surface area (Å²) in [4.78, 5) is 53.7. The van der Waals surface area contributed by atoms with E-state index in [0.717, 1.165) is 46.5 Å². The molecule has 0 radical (unpaired) electrons. The van der Waals surface area contributed by atoms with E-state index in [2.05, 4.69) is 21.8 Å². The number of hydrogen-bond acceptors (Lipinski definition) is 8. The molecule has 2 saturated heterocycles. The zero-order valence-corrected chi connectivity index (χ0v) is 25.9. The van der Waals surface area contributed by atoms with Crippen LogP contribution in [0.1, 0.15) is 60.5 Å². The Morgan fingerprint density at radius 2 is 1.93 bits per heavy atom. The summed E-state index contributed by atoms with van der Waals surface area (Å²) < 4.78 is 7.61. The third-order valence-electron chi connectivity index (χ3n) is 10.0. The lowest BCUT2D eigenvalue weighted by Crippen LogP contribution is -2.69. The van der Waals surface area contributed by atoms with Crippen LogP contribution in [0, 0.1) is 17.2 Å². The maximum Gasteiger partial charge on any atom is 0.315 e. The minimum absolute atomic E-state index is 0.00528. The highest BCUT2D eigenvalue weighted by Gasteiger charge is 2.56. The van der Waals surface area contributed by atoms with Crippen molar-refractivity contribution in [3.8, 4) is 6.07 Å². The van der Waals surface area contributed by atoms with Gasteiger partial charge in [0.25, 0.3) is 5.91 Å². The van der Waals surface area contributed by atoms with Crippen LogP contribution < -0.4 is 9.80 Å². The van der Waals surface area contributed by atoms with Crippen molar-refractivity contribution in [2.24, 2.45) is 5.92 Å². The minimum atomic E-state index is -0.454. The van der Waals surface area contributed by atoms with E-state index < -0.39 is 5.92 Å². The maximum absolute atomic E-state index is 13.3. The van der Waals surface area contributed by atoms with Crippen LogP contribution in [0.15, 0.2) is 67.1 Å². The van der Waals surface area contributed by atoms with E-state index in [0.29, 0.717) is 37.6 Å². The second-order valence-corrected chi connectivity index (χ2v) is 12.4. The molecule has 234 valence electrons. The molecular weight excluding hydrogens is 582 g/mol. The Bertz CT molecular complexity index is 1880. The molecule has 4 aromatic rings. The van der Waals surface area contributed by atoms with Crippen LogP contribution in [0.25, 0.3) is 11.0 Å². The number of anilines is 2. The van der Waals surface area contributed by atoms with E-state index in [1.54, 1.807) is 9.47 Å². The van der Waals surface area contributed by atoms with E-state index in [1.807, 2.05) is 78.7 Å². The van der Waals surface area contributed by atoms with Crippen LogP contribution in [0.2, 0.25) is 0 Å². The highest BCUT2D eigenvalue weighted by atomic mass is 16.5. The predicted molar refractivity (Wildman–Crippen MR) is 171 cm³/mol. The van der Waals surface area contributed by atoms with Gasteiger partial charge in [0.05, 0.1) is 29.5 Å². The molecule has 0 saturated carbocycles. The highest BCUT2D eigenvalue weighted by Crippen LogP contribution is 2.45. The molecule has 2 aromatic carbocycles. The molecule has 1 unspecified atom stereocenters. The Balaban J connectivity index is 1.02. The monoisotopic (exact) mass is 617 g/mol. The summed E-state index contributed by atoms with van der Waals surface area (Å²) in [6, 6.07) is 19.1. The molecule has 5 heterocycles. The quantitative estimate of drug-likeness (QED) is 0.262. The van der Waals surface area contributed by atoms with Gasteiger partial charge in [-0.15, -0.1) is 0 Å². The van der Waals surface area contributed by atoms with Gasteiger partial charge in [-0.3, -0.25) is 19.0 Å². The second kappa shape index (κ2) is 11.6. The molecule has 0 aliphatic carbocycles. The number of hydrogen-bond donors (Lipinski definition) is 0. The number of nitrogens with zero attached hydrogens (tertiary/aromatic N) is 7. The zero-order chi connectivity index (χ0) is 32.0. The average molecular weight is 618 g/mol. The Hall–Kier alpha value is -5.24. The van der Waals surface area contributed by atoms with Crippen LogP contribution in [0.5, 0.6) is 0 Å². The van der Waals surface area contributed by atoms with E-state index in [9.17, 15) is 14.4 Å². The first-order chi connectivity index (χ1) is 22.3. The van der Waals surface area contributed by atoms with Crippen molar-refractivity contribution in [1.82, 2.24) is 19.4 Å². The smallest absolute Gasteiger partial charge is 0.315 e. The van der Waals surface area contributed by atoms with E-state index in [4.69, 9.17) is 10.00 Å². The van der Waals surface area contributed by atoms with Gasteiger partial charge in [-0.2, -0.15) is 5.26 Å². The Morgan fingerprint density at radius 3 is 2.67 bits per heavy atom. The third kappa shape index (κ3) is 4.76. The van der Waals surface area contributed by atoms with Crippen LogP contribution in [-0.2, 0) is 27.6 Å². The number of carbonyl (C=O) groups is 3. The largest absolute Gasteiger partial charge is 0.443 e. The summed E-state index contributed by atoms with van der Waals surface area (Å²) in [5, 5.41) is 9.89. The van der Waals surface area contributed by atoms with E-state index >= 15 is 0 Å². The molecule has 46 heavy (non-hydrogen) atoms. The van der Waals surface area contributed by atoms with Crippen molar-refractivity contribution in [3.63, 3.8) is 0 Å². The number of benzene rings is 2. The number of rotatable bonds is 8. The summed E-state index contributed by atoms with van der Waals surface area (Å²) in [6.45, 7) is 6.70. The summed E-state index contributed by atoms with van der Waals surface area (Å²) in [5.74, 6) is 0.199. The fourth-order valence-corrected chi connectivity index (χ4v) is 7.38. The molecule has 3 aliphatic heterocycles. The molecule has 0 bridgehead atoms. The lowest BCUT2D eigenvalue weighted by atomic mass is 9.74. The van der Waals surface area contributed by atoms with Gasteiger partial charge >= 0.3 is 5.97 Å². The number of ether oxygens (including phenoxy) is 1. The molecular formula is C35H35N7O4. The Labute approximate surface area is 267 Å². The molecule has 2 aromatic heterocycles. The Morgan fingerprint density at radius 1 is 1.13 bits per heavy atom. The van der Waals surface area contributed by atoms with Gasteiger partial charge in [-0.1, -0.05) is 44.2 Å². The van der Waals surface area contributed by atoms with Crippen LogP contribution in [-0.4, -0.2) is 62.4 Å². The summed E-state index contributed by atoms with van der Waals surface area (Å²) >= 11 is 0. The molecule has 7 rings (SSSR count). The van der Waals surface area contributed by atoms with Crippen LogP contribution >= 0.6 is 0 Å². The van der Waals surface area contributed by atoms with Gasteiger partial charge in [0, 0.05) is 37.1 Å². The Kier molecular flexibility index (Phi) is 7.43. The van der Waals surface area contributed by atoms with Crippen LogP contribution in [0.3, 0.4) is 0 Å².